The highest BCUT2D eigenvalue weighted by Crippen LogP contribution is 2.46. The SMILES string of the molecule is O=C1C([C@H](c2ccco2)C2C(=O)c3ccccc3C2=O)=C(O)c2ccccc21. The van der Waals surface area contributed by atoms with Crippen LogP contribution in [0.5, 0.6) is 0 Å². The molecule has 0 spiro atoms. The zero-order valence-electron chi connectivity index (χ0n) is 14.6. The molecule has 2 aromatic carbocycles. The topological polar surface area (TPSA) is 84.6 Å². The molecule has 0 bridgehead atoms. The molecule has 136 valence electrons. The number of aliphatic hydroxyl groups excluding tert-OH is 1. The molecule has 0 saturated carbocycles. The maximum Gasteiger partial charge on any atom is 0.194 e. The zero-order chi connectivity index (χ0) is 19.4. The molecule has 5 nitrogen and oxygen atoms in total. The Morgan fingerprint density at radius 2 is 1.32 bits per heavy atom. The highest BCUT2D eigenvalue weighted by atomic mass is 16.3. The lowest BCUT2D eigenvalue weighted by molar-refractivity contribution is 0.0814. The Hall–Kier alpha value is -3.73. The first kappa shape index (κ1) is 16.4. The van der Waals surface area contributed by atoms with Gasteiger partial charge in [0.1, 0.15) is 11.5 Å². The molecule has 2 aliphatic rings. The van der Waals surface area contributed by atoms with Gasteiger partial charge in [0.25, 0.3) is 0 Å². The molecule has 1 aromatic heterocycles. The van der Waals surface area contributed by atoms with Gasteiger partial charge < -0.3 is 9.52 Å². The normalized spacial score (nSPS) is 17.2. The first-order chi connectivity index (χ1) is 13.6. The van der Waals surface area contributed by atoms with Crippen molar-refractivity contribution in [1.29, 1.82) is 0 Å². The number of allylic oxidation sites excluding steroid dienone is 1. The lowest BCUT2D eigenvalue weighted by atomic mass is 9.79. The highest BCUT2D eigenvalue weighted by Gasteiger charge is 2.50. The second kappa shape index (κ2) is 5.89. The van der Waals surface area contributed by atoms with Crippen LogP contribution < -0.4 is 0 Å². The van der Waals surface area contributed by atoms with Crippen molar-refractivity contribution in [3.8, 4) is 0 Å². The summed E-state index contributed by atoms with van der Waals surface area (Å²) in [6, 6.07) is 16.5. The smallest absolute Gasteiger partial charge is 0.194 e. The molecule has 2 aliphatic carbocycles. The molecule has 3 aromatic rings. The highest BCUT2D eigenvalue weighted by molar-refractivity contribution is 6.29. The fourth-order valence-electron chi connectivity index (χ4n) is 4.18. The molecule has 0 aliphatic heterocycles. The predicted molar refractivity (Wildman–Crippen MR) is 100 cm³/mol. The molecule has 0 unspecified atom stereocenters. The van der Waals surface area contributed by atoms with Gasteiger partial charge in [0.15, 0.2) is 17.3 Å². The van der Waals surface area contributed by atoms with E-state index in [2.05, 4.69) is 0 Å². The van der Waals surface area contributed by atoms with E-state index < -0.39 is 17.6 Å². The second-order valence-electron chi connectivity index (χ2n) is 6.88. The minimum atomic E-state index is -1.15. The predicted octanol–water partition coefficient (Wildman–Crippen LogP) is 4.22. The number of carbonyl (C=O) groups is 3. The Morgan fingerprint density at radius 1 is 0.750 bits per heavy atom. The minimum absolute atomic E-state index is 0.0238. The third kappa shape index (κ3) is 2.10. The van der Waals surface area contributed by atoms with Crippen molar-refractivity contribution in [2.45, 2.75) is 5.92 Å². The van der Waals surface area contributed by atoms with Crippen LogP contribution in [-0.4, -0.2) is 22.5 Å². The van der Waals surface area contributed by atoms with E-state index in [0.717, 1.165) is 0 Å². The third-order valence-corrected chi connectivity index (χ3v) is 5.44. The largest absolute Gasteiger partial charge is 0.507 e. The zero-order valence-corrected chi connectivity index (χ0v) is 14.6. The van der Waals surface area contributed by atoms with Gasteiger partial charge in [0, 0.05) is 22.3 Å². The fraction of sp³-hybridized carbons (Fsp3) is 0.0870. The van der Waals surface area contributed by atoms with E-state index in [1.807, 2.05) is 0 Å². The van der Waals surface area contributed by atoms with Gasteiger partial charge in [0.2, 0.25) is 0 Å². The lowest BCUT2D eigenvalue weighted by Gasteiger charge is -2.20. The van der Waals surface area contributed by atoms with Gasteiger partial charge in [-0.05, 0) is 12.1 Å². The van der Waals surface area contributed by atoms with Crippen molar-refractivity contribution in [1.82, 2.24) is 0 Å². The van der Waals surface area contributed by atoms with Crippen molar-refractivity contribution in [3.63, 3.8) is 0 Å². The average molecular weight is 370 g/mol. The first-order valence-electron chi connectivity index (χ1n) is 8.87. The Kier molecular flexibility index (Phi) is 3.46. The molecule has 5 rings (SSSR count). The number of benzene rings is 2. The van der Waals surface area contributed by atoms with Crippen molar-refractivity contribution >= 4 is 23.1 Å². The van der Waals surface area contributed by atoms with E-state index >= 15 is 0 Å². The molecular weight excluding hydrogens is 356 g/mol. The number of hydrogen-bond acceptors (Lipinski definition) is 5. The van der Waals surface area contributed by atoms with Crippen LogP contribution in [0.15, 0.2) is 76.9 Å². The number of Topliss-reactive ketones (excluding diaryl/α,β-unsaturated/α-hetero) is 3. The van der Waals surface area contributed by atoms with Crippen LogP contribution >= 0.6 is 0 Å². The summed E-state index contributed by atoms with van der Waals surface area (Å²) in [5.41, 5.74) is 1.43. The summed E-state index contributed by atoms with van der Waals surface area (Å²) >= 11 is 0. The quantitative estimate of drug-likeness (QED) is 0.698. The summed E-state index contributed by atoms with van der Waals surface area (Å²) in [7, 11) is 0. The van der Waals surface area contributed by atoms with Crippen molar-refractivity contribution < 1.29 is 23.9 Å². The average Bonchev–Trinajstić information content (AvgIpc) is 3.40. The molecule has 0 fully saturated rings. The van der Waals surface area contributed by atoms with Gasteiger partial charge in [-0.15, -0.1) is 0 Å². The summed E-state index contributed by atoms with van der Waals surface area (Å²) in [6.45, 7) is 0. The third-order valence-electron chi connectivity index (χ3n) is 5.44. The first-order valence-corrected chi connectivity index (χ1v) is 8.87. The summed E-state index contributed by atoms with van der Waals surface area (Å²) in [5, 5.41) is 10.8. The van der Waals surface area contributed by atoms with Crippen molar-refractivity contribution in [3.05, 3.63) is 101 Å². The summed E-state index contributed by atoms with van der Waals surface area (Å²) < 4.78 is 5.51. The molecule has 0 amide bonds. The van der Waals surface area contributed by atoms with Crippen LogP contribution in [0.1, 0.15) is 48.3 Å². The van der Waals surface area contributed by atoms with Crippen LogP contribution in [0.25, 0.3) is 5.76 Å². The fourth-order valence-corrected chi connectivity index (χ4v) is 4.18. The van der Waals surface area contributed by atoms with Crippen LogP contribution in [-0.2, 0) is 0 Å². The monoisotopic (exact) mass is 370 g/mol. The minimum Gasteiger partial charge on any atom is -0.507 e. The molecule has 5 heteroatoms. The van der Waals surface area contributed by atoms with E-state index in [0.29, 0.717) is 28.0 Å². The number of carbonyl (C=O) groups excluding carboxylic acids is 3. The Bertz CT molecular complexity index is 1150. The maximum absolute atomic E-state index is 13.1. The molecule has 28 heavy (non-hydrogen) atoms. The van der Waals surface area contributed by atoms with E-state index in [-0.39, 0.29) is 22.9 Å². The van der Waals surface area contributed by atoms with E-state index in [1.165, 1.54) is 6.26 Å². The molecule has 0 radical (unpaired) electrons. The number of hydrogen-bond donors (Lipinski definition) is 1. The molecule has 1 N–H and O–H groups in total. The molecule has 0 saturated heterocycles. The summed E-state index contributed by atoms with van der Waals surface area (Å²) in [4.78, 5) is 39.3. The van der Waals surface area contributed by atoms with Crippen molar-refractivity contribution in [2.24, 2.45) is 5.92 Å². The number of furan rings is 1. The van der Waals surface area contributed by atoms with Gasteiger partial charge in [-0.2, -0.15) is 0 Å². The number of ketones is 3. The summed E-state index contributed by atoms with van der Waals surface area (Å²) in [6.07, 6.45) is 1.42. The van der Waals surface area contributed by atoms with Crippen LogP contribution in [0, 0.1) is 5.92 Å². The van der Waals surface area contributed by atoms with Crippen molar-refractivity contribution in [2.75, 3.05) is 0 Å². The van der Waals surface area contributed by atoms with E-state index in [4.69, 9.17) is 4.42 Å². The van der Waals surface area contributed by atoms with Gasteiger partial charge in [0.05, 0.1) is 23.7 Å². The van der Waals surface area contributed by atoms with Crippen LogP contribution in [0.4, 0.5) is 0 Å². The maximum atomic E-state index is 13.1. The standard InChI is InChI=1S/C23H14O5/c24-20-12-6-1-2-7-13(12)21(25)18(20)17(16-10-5-11-28-16)19-22(26)14-8-3-4-9-15(14)23(19)27/h1-11,17-18,26H/t17-/m1/s1. The Morgan fingerprint density at radius 3 is 1.86 bits per heavy atom. The second-order valence-corrected chi connectivity index (χ2v) is 6.88. The molecule has 1 heterocycles. The number of fused-ring (bicyclic) bond motifs is 2. The lowest BCUT2D eigenvalue weighted by Crippen LogP contribution is -2.27. The van der Waals surface area contributed by atoms with Crippen LogP contribution in [0.3, 0.4) is 0 Å². The van der Waals surface area contributed by atoms with E-state index in [1.54, 1.807) is 60.7 Å². The molecule has 1 atom stereocenters. The number of aliphatic hydroxyl groups is 1. The van der Waals surface area contributed by atoms with Gasteiger partial charge in [-0.3, -0.25) is 14.4 Å². The van der Waals surface area contributed by atoms with Gasteiger partial charge in [-0.1, -0.05) is 48.5 Å². The number of rotatable bonds is 3. The van der Waals surface area contributed by atoms with E-state index in [9.17, 15) is 19.5 Å². The van der Waals surface area contributed by atoms with Gasteiger partial charge >= 0.3 is 0 Å². The Balaban J connectivity index is 1.71. The summed E-state index contributed by atoms with van der Waals surface area (Å²) in [5.74, 6) is -3.20. The van der Waals surface area contributed by atoms with Crippen LogP contribution in [0.2, 0.25) is 0 Å². The molecular formula is C23H14O5. The van der Waals surface area contributed by atoms with Gasteiger partial charge in [-0.25, -0.2) is 0 Å². The Labute approximate surface area is 159 Å².